The van der Waals surface area contributed by atoms with Gasteiger partial charge in [-0.2, -0.15) is 0 Å². The lowest BCUT2D eigenvalue weighted by atomic mass is 10.3. The summed E-state index contributed by atoms with van der Waals surface area (Å²) in [6, 6.07) is 0. The number of rotatable bonds is 6. The van der Waals surface area contributed by atoms with E-state index in [0.29, 0.717) is 28.3 Å². The smallest absolute Gasteiger partial charge is 0.255 e. The Labute approximate surface area is 115 Å². The number of aliphatic hydroxyl groups is 1. The molecule has 0 aromatic carbocycles. The van der Waals surface area contributed by atoms with Crippen LogP contribution >= 0.6 is 11.6 Å². The normalized spacial score (nSPS) is 15.1. The molecule has 0 radical (unpaired) electrons. The number of nitrogens with zero attached hydrogens (tertiary/aromatic N) is 3. The fraction of sp³-hybridized carbons (Fsp3) is 0.667. The van der Waals surface area contributed by atoms with Gasteiger partial charge in [-0.3, -0.25) is 0 Å². The van der Waals surface area contributed by atoms with Crippen LogP contribution in [0.3, 0.4) is 0 Å². The molecule has 1 aromatic heterocycles. The maximum Gasteiger partial charge on any atom is 0.255 e. The average molecular weight is 292 g/mol. The van der Waals surface area contributed by atoms with E-state index in [4.69, 9.17) is 16.7 Å². The first-order valence-electron chi connectivity index (χ1n) is 6.21. The topological polar surface area (TPSA) is 49.2 Å². The number of alkyl halides is 2. The highest BCUT2D eigenvalue weighted by atomic mass is 35.5. The lowest BCUT2D eigenvalue weighted by Crippen LogP contribution is -2.33. The van der Waals surface area contributed by atoms with Gasteiger partial charge in [-0.25, -0.2) is 18.7 Å². The van der Waals surface area contributed by atoms with E-state index in [1.165, 1.54) is 4.90 Å². The van der Waals surface area contributed by atoms with Gasteiger partial charge in [0.25, 0.3) is 6.43 Å². The van der Waals surface area contributed by atoms with E-state index in [0.717, 1.165) is 12.8 Å². The van der Waals surface area contributed by atoms with Gasteiger partial charge in [0.05, 0.1) is 13.2 Å². The molecule has 106 valence electrons. The van der Waals surface area contributed by atoms with E-state index in [-0.39, 0.29) is 13.2 Å². The molecule has 0 spiro atoms. The Balaban J connectivity index is 2.33. The molecule has 0 saturated heterocycles. The molecule has 2 rings (SSSR count). The molecule has 1 aliphatic rings. The third kappa shape index (κ3) is 3.51. The van der Waals surface area contributed by atoms with E-state index in [1.54, 1.807) is 6.92 Å². The van der Waals surface area contributed by atoms with Crippen molar-refractivity contribution in [3.05, 3.63) is 16.5 Å². The minimum absolute atomic E-state index is 0.0998. The van der Waals surface area contributed by atoms with Gasteiger partial charge < -0.3 is 10.0 Å². The number of hydrogen-bond acceptors (Lipinski definition) is 4. The Morgan fingerprint density at radius 1 is 1.42 bits per heavy atom. The molecule has 7 heteroatoms. The molecule has 0 unspecified atom stereocenters. The van der Waals surface area contributed by atoms with Crippen LogP contribution in [0.1, 0.15) is 30.1 Å². The summed E-state index contributed by atoms with van der Waals surface area (Å²) in [5.74, 6) is 1.30. The largest absolute Gasteiger partial charge is 0.395 e. The highest BCUT2D eigenvalue weighted by Gasteiger charge is 2.29. The van der Waals surface area contributed by atoms with Gasteiger partial charge in [-0.1, -0.05) is 11.6 Å². The summed E-state index contributed by atoms with van der Waals surface area (Å²) in [6.45, 7) is 1.11. The van der Waals surface area contributed by atoms with E-state index < -0.39 is 13.0 Å². The van der Waals surface area contributed by atoms with Gasteiger partial charge in [-0.05, 0) is 19.8 Å². The first kappa shape index (κ1) is 14.4. The van der Waals surface area contributed by atoms with Gasteiger partial charge in [0.15, 0.2) is 0 Å². The summed E-state index contributed by atoms with van der Waals surface area (Å²) in [6.07, 6.45) is -0.481. The SMILES string of the molecule is Cc1c(Cl)nc(C2CC2)nc1N(CCO)CC(F)F. The predicted molar refractivity (Wildman–Crippen MR) is 69.1 cm³/mol. The van der Waals surface area contributed by atoms with Crippen molar-refractivity contribution in [1.82, 2.24) is 9.97 Å². The van der Waals surface area contributed by atoms with E-state index in [1.807, 2.05) is 0 Å². The van der Waals surface area contributed by atoms with E-state index in [2.05, 4.69) is 9.97 Å². The van der Waals surface area contributed by atoms with Crippen molar-refractivity contribution in [2.45, 2.75) is 32.1 Å². The molecular formula is C12H16ClF2N3O. The average Bonchev–Trinajstić information content (AvgIpc) is 3.15. The molecule has 0 atom stereocenters. The standard InChI is InChI=1S/C12H16ClF2N3O/c1-7-10(13)16-11(8-2-3-8)17-12(7)18(4-5-19)6-9(14)15/h8-9,19H,2-6H2,1H3. The zero-order chi connectivity index (χ0) is 14.0. The van der Waals surface area contributed by atoms with Crippen LogP contribution in [0.2, 0.25) is 5.15 Å². The Morgan fingerprint density at radius 2 is 2.11 bits per heavy atom. The summed E-state index contributed by atoms with van der Waals surface area (Å²) in [7, 11) is 0. The second-order valence-corrected chi connectivity index (χ2v) is 5.01. The van der Waals surface area contributed by atoms with Crippen LogP contribution < -0.4 is 4.90 Å². The second kappa shape index (κ2) is 5.96. The van der Waals surface area contributed by atoms with Crippen LogP contribution in [0, 0.1) is 6.92 Å². The van der Waals surface area contributed by atoms with Crippen LogP contribution in [-0.4, -0.2) is 41.2 Å². The van der Waals surface area contributed by atoms with Crippen molar-refractivity contribution in [2.24, 2.45) is 0 Å². The van der Waals surface area contributed by atoms with Crippen LogP contribution in [0.15, 0.2) is 0 Å². The monoisotopic (exact) mass is 291 g/mol. The van der Waals surface area contributed by atoms with Crippen molar-refractivity contribution in [3.8, 4) is 0 Å². The van der Waals surface area contributed by atoms with Crippen molar-refractivity contribution >= 4 is 17.4 Å². The summed E-state index contributed by atoms with van der Waals surface area (Å²) in [4.78, 5) is 9.91. The Bertz CT molecular complexity index is 455. The zero-order valence-corrected chi connectivity index (χ0v) is 11.4. The van der Waals surface area contributed by atoms with Crippen LogP contribution in [0.5, 0.6) is 0 Å². The predicted octanol–water partition coefficient (Wildman–Crippen LogP) is 2.38. The van der Waals surface area contributed by atoms with E-state index >= 15 is 0 Å². The number of anilines is 1. The summed E-state index contributed by atoms with van der Waals surface area (Å²) in [5, 5.41) is 9.29. The van der Waals surface area contributed by atoms with Crippen molar-refractivity contribution < 1.29 is 13.9 Å². The fourth-order valence-corrected chi connectivity index (χ4v) is 2.07. The van der Waals surface area contributed by atoms with Crippen molar-refractivity contribution in [2.75, 3.05) is 24.6 Å². The molecule has 1 aromatic rings. The molecule has 1 N–H and O–H groups in total. The minimum Gasteiger partial charge on any atom is -0.395 e. The quantitative estimate of drug-likeness (QED) is 0.818. The molecule has 4 nitrogen and oxygen atoms in total. The molecule has 0 bridgehead atoms. The maximum atomic E-state index is 12.6. The fourth-order valence-electron chi connectivity index (χ4n) is 1.90. The van der Waals surface area contributed by atoms with Crippen molar-refractivity contribution in [3.63, 3.8) is 0 Å². The van der Waals surface area contributed by atoms with Crippen LogP contribution in [0.4, 0.5) is 14.6 Å². The number of aromatic nitrogens is 2. The minimum atomic E-state index is -2.50. The highest BCUT2D eigenvalue weighted by molar-refractivity contribution is 6.30. The summed E-state index contributed by atoms with van der Waals surface area (Å²) < 4.78 is 25.2. The van der Waals surface area contributed by atoms with Crippen LogP contribution in [0.25, 0.3) is 0 Å². The molecule has 1 heterocycles. The Hall–Kier alpha value is -1.01. The zero-order valence-electron chi connectivity index (χ0n) is 10.6. The third-order valence-electron chi connectivity index (χ3n) is 3.05. The van der Waals surface area contributed by atoms with Gasteiger partial charge in [0.2, 0.25) is 0 Å². The summed E-state index contributed by atoms with van der Waals surface area (Å²) >= 11 is 6.04. The lowest BCUT2D eigenvalue weighted by Gasteiger charge is -2.24. The molecule has 1 fully saturated rings. The number of hydrogen-bond donors (Lipinski definition) is 1. The molecule has 0 amide bonds. The number of aliphatic hydroxyl groups excluding tert-OH is 1. The molecule has 19 heavy (non-hydrogen) atoms. The van der Waals surface area contributed by atoms with Gasteiger partial charge in [0, 0.05) is 18.0 Å². The molecular weight excluding hydrogens is 276 g/mol. The Kier molecular flexibility index (Phi) is 4.52. The molecule has 1 saturated carbocycles. The second-order valence-electron chi connectivity index (χ2n) is 4.66. The highest BCUT2D eigenvalue weighted by Crippen LogP contribution is 2.39. The maximum absolute atomic E-state index is 12.6. The Morgan fingerprint density at radius 3 is 2.63 bits per heavy atom. The summed E-state index contributed by atoms with van der Waals surface area (Å²) in [5.41, 5.74) is 0.570. The number of halogens is 3. The van der Waals surface area contributed by atoms with E-state index in [9.17, 15) is 8.78 Å². The van der Waals surface area contributed by atoms with Crippen molar-refractivity contribution in [1.29, 1.82) is 0 Å². The van der Waals surface area contributed by atoms with Gasteiger partial charge in [-0.15, -0.1) is 0 Å². The first-order valence-corrected chi connectivity index (χ1v) is 6.58. The van der Waals surface area contributed by atoms with Gasteiger partial charge in [0.1, 0.15) is 16.8 Å². The molecule has 1 aliphatic carbocycles. The van der Waals surface area contributed by atoms with Crippen LogP contribution in [-0.2, 0) is 0 Å². The third-order valence-corrected chi connectivity index (χ3v) is 3.42. The first-order chi connectivity index (χ1) is 9.02. The molecule has 0 aliphatic heterocycles. The van der Waals surface area contributed by atoms with Gasteiger partial charge >= 0.3 is 0 Å². The lowest BCUT2D eigenvalue weighted by molar-refractivity contribution is 0.152.